The number of aryl methyl sites for hydroxylation is 1. The minimum Gasteiger partial charge on any atom is -0.497 e. The second-order valence-corrected chi connectivity index (χ2v) is 11.2. The van der Waals surface area contributed by atoms with Gasteiger partial charge in [-0.05, 0) is 60.7 Å². The molecule has 0 bridgehead atoms. The number of nitrogens with zero attached hydrogens (tertiary/aromatic N) is 1. The Labute approximate surface area is 254 Å². The fourth-order valence-electron chi connectivity index (χ4n) is 6.40. The van der Waals surface area contributed by atoms with E-state index < -0.39 is 40.9 Å². The molecule has 230 valence electrons. The van der Waals surface area contributed by atoms with Gasteiger partial charge in [-0.25, -0.2) is 4.79 Å². The predicted octanol–water partition coefficient (Wildman–Crippen LogP) is 3.68. The van der Waals surface area contributed by atoms with Gasteiger partial charge in [-0.15, -0.1) is 0 Å². The first kappa shape index (κ1) is 29.8. The average molecular weight is 601 g/mol. The van der Waals surface area contributed by atoms with Crippen molar-refractivity contribution < 1.29 is 28.8 Å². The second-order valence-electron chi connectivity index (χ2n) is 11.2. The van der Waals surface area contributed by atoms with Gasteiger partial charge < -0.3 is 28.8 Å². The van der Waals surface area contributed by atoms with E-state index in [4.69, 9.17) is 23.7 Å². The summed E-state index contributed by atoms with van der Waals surface area (Å²) in [5, 5.41) is 11.8. The number of nitrogens with one attached hydrogen (secondary N) is 1. The summed E-state index contributed by atoms with van der Waals surface area (Å²) < 4.78 is 31.8. The van der Waals surface area contributed by atoms with Crippen LogP contribution in [0.2, 0.25) is 0 Å². The van der Waals surface area contributed by atoms with Gasteiger partial charge in [0.05, 0.1) is 20.8 Å². The molecule has 1 aromatic heterocycles. The Morgan fingerprint density at radius 1 is 0.932 bits per heavy atom. The van der Waals surface area contributed by atoms with Crippen molar-refractivity contribution in [2.45, 2.75) is 49.4 Å². The molecule has 0 saturated carbocycles. The van der Waals surface area contributed by atoms with Crippen LogP contribution in [0.15, 0.2) is 94.6 Å². The molecular weight excluding hydrogens is 564 g/mol. The van der Waals surface area contributed by atoms with Gasteiger partial charge in [0.2, 0.25) is 0 Å². The van der Waals surface area contributed by atoms with Gasteiger partial charge in [-0.2, -0.15) is 0 Å². The molecule has 4 aromatic rings. The van der Waals surface area contributed by atoms with Gasteiger partial charge in [0.15, 0.2) is 6.23 Å². The maximum absolute atomic E-state index is 12.9. The van der Waals surface area contributed by atoms with Crippen molar-refractivity contribution in [3.8, 4) is 11.5 Å². The number of H-pyrrole nitrogens is 1. The third-order valence-corrected chi connectivity index (χ3v) is 8.69. The lowest BCUT2D eigenvalue weighted by Crippen LogP contribution is -2.49. The van der Waals surface area contributed by atoms with E-state index in [-0.39, 0.29) is 6.61 Å². The summed E-state index contributed by atoms with van der Waals surface area (Å²) in [6.45, 7) is 1.97. The van der Waals surface area contributed by atoms with E-state index in [9.17, 15) is 14.7 Å². The van der Waals surface area contributed by atoms with Gasteiger partial charge in [-0.3, -0.25) is 14.3 Å². The lowest BCUT2D eigenvalue weighted by Gasteiger charge is -2.37. The van der Waals surface area contributed by atoms with Crippen LogP contribution in [0.3, 0.4) is 0 Å². The highest BCUT2D eigenvalue weighted by Crippen LogP contribution is 2.48. The van der Waals surface area contributed by atoms with E-state index in [0.29, 0.717) is 36.5 Å². The number of rotatable bonds is 9. The van der Waals surface area contributed by atoms with Crippen LogP contribution in [-0.2, 0) is 19.8 Å². The van der Waals surface area contributed by atoms with Gasteiger partial charge in [-0.1, -0.05) is 54.6 Å². The summed E-state index contributed by atoms with van der Waals surface area (Å²) in [6, 6.07) is 25.1. The second kappa shape index (κ2) is 12.0. The number of aliphatic hydroxyl groups is 1. The van der Waals surface area contributed by atoms with Crippen LogP contribution >= 0.6 is 0 Å². The molecule has 10 nitrogen and oxygen atoms in total. The first-order valence-corrected chi connectivity index (χ1v) is 14.6. The molecule has 2 saturated heterocycles. The number of benzene rings is 3. The summed E-state index contributed by atoms with van der Waals surface area (Å²) >= 11 is 0. The highest BCUT2D eigenvalue weighted by Gasteiger charge is 2.60. The first-order valence-electron chi connectivity index (χ1n) is 14.6. The van der Waals surface area contributed by atoms with Crippen LogP contribution in [0.1, 0.15) is 41.3 Å². The molecule has 44 heavy (non-hydrogen) atoms. The average Bonchev–Trinajstić information content (AvgIpc) is 3.66. The summed E-state index contributed by atoms with van der Waals surface area (Å²) in [4.78, 5) is 27.4. The predicted molar refractivity (Wildman–Crippen MR) is 162 cm³/mol. The van der Waals surface area contributed by atoms with Gasteiger partial charge in [0.25, 0.3) is 5.56 Å². The Bertz CT molecular complexity index is 1650. The molecule has 2 aliphatic rings. The fraction of sp³-hybridized carbons (Fsp3) is 0.353. The van der Waals surface area contributed by atoms with Crippen LogP contribution in [0.5, 0.6) is 11.5 Å². The molecule has 2 N–H and O–H groups in total. The Kier molecular flexibility index (Phi) is 8.17. The van der Waals surface area contributed by atoms with Crippen molar-refractivity contribution in [2.24, 2.45) is 0 Å². The molecule has 0 aliphatic carbocycles. The third-order valence-electron chi connectivity index (χ3n) is 8.69. The van der Waals surface area contributed by atoms with E-state index in [1.165, 1.54) is 10.8 Å². The molecule has 2 aliphatic heterocycles. The molecule has 1 spiro atoms. The highest BCUT2D eigenvalue weighted by atomic mass is 16.6. The van der Waals surface area contributed by atoms with Crippen molar-refractivity contribution in [3.63, 3.8) is 0 Å². The monoisotopic (exact) mass is 600 g/mol. The quantitative estimate of drug-likeness (QED) is 0.279. The largest absolute Gasteiger partial charge is 0.497 e. The number of methoxy groups -OCH3 is 2. The molecule has 0 amide bonds. The van der Waals surface area contributed by atoms with Gasteiger partial charge in [0.1, 0.15) is 34.9 Å². The summed E-state index contributed by atoms with van der Waals surface area (Å²) in [5.41, 5.74) is -0.553. The zero-order valence-corrected chi connectivity index (χ0v) is 24.9. The number of aliphatic hydroxyl groups excluding tert-OH is 1. The Morgan fingerprint density at radius 2 is 1.52 bits per heavy atom. The van der Waals surface area contributed by atoms with Crippen LogP contribution in [0.25, 0.3) is 0 Å². The van der Waals surface area contributed by atoms with E-state index in [0.717, 1.165) is 16.7 Å². The van der Waals surface area contributed by atoms with E-state index in [1.54, 1.807) is 21.1 Å². The zero-order valence-electron chi connectivity index (χ0n) is 24.9. The Hall–Kier alpha value is -4.22. The number of hydrogen-bond donors (Lipinski definition) is 2. The molecule has 4 atom stereocenters. The summed E-state index contributed by atoms with van der Waals surface area (Å²) in [7, 11) is 3.23. The number of ether oxygens (including phenoxy) is 5. The molecule has 2 fully saturated rings. The molecule has 3 aromatic carbocycles. The van der Waals surface area contributed by atoms with Crippen LogP contribution in [-0.4, -0.2) is 59.9 Å². The smallest absolute Gasteiger partial charge is 0.330 e. The fourth-order valence-corrected chi connectivity index (χ4v) is 6.40. The van der Waals surface area contributed by atoms with E-state index in [2.05, 4.69) is 4.98 Å². The lowest BCUT2D eigenvalue weighted by molar-refractivity contribution is -0.123. The van der Waals surface area contributed by atoms with Crippen molar-refractivity contribution in [3.05, 3.63) is 128 Å². The van der Waals surface area contributed by atoms with Crippen LogP contribution < -0.4 is 20.7 Å². The first-order chi connectivity index (χ1) is 21.3. The minimum atomic E-state index is -1.18. The van der Waals surface area contributed by atoms with Gasteiger partial charge in [0, 0.05) is 18.4 Å². The van der Waals surface area contributed by atoms with Crippen molar-refractivity contribution in [2.75, 3.05) is 27.4 Å². The lowest BCUT2D eigenvalue weighted by atomic mass is 9.80. The minimum absolute atomic E-state index is 0.0488. The molecular formula is C34H36N2O8. The third kappa shape index (κ3) is 5.03. The van der Waals surface area contributed by atoms with E-state index in [1.807, 2.05) is 78.9 Å². The van der Waals surface area contributed by atoms with Crippen molar-refractivity contribution >= 4 is 0 Å². The number of hydrogen-bond acceptors (Lipinski definition) is 8. The van der Waals surface area contributed by atoms with Crippen molar-refractivity contribution in [1.82, 2.24) is 9.55 Å². The Balaban J connectivity index is 1.44. The molecule has 6 rings (SSSR count). The number of aromatic amines is 1. The van der Waals surface area contributed by atoms with Crippen LogP contribution in [0.4, 0.5) is 0 Å². The van der Waals surface area contributed by atoms with Crippen molar-refractivity contribution in [1.29, 1.82) is 0 Å². The molecule has 3 heterocycles. The topological polar surface area (TPSA) is 121 Å². The van der Waals surface area contributed by atoms with Crippen LogP contribution in [0, 0.1) is 6.92 Å². The summed E-state index contributed by atoms with van der Waals surface area (Å²) in [5.74, 6) is 1.40. The maximum Gasteiger partial charge on any atom is 0.330 e. The normalized spacial score (nSPS) is 23.2. The van der Waals surface area contributed by atoms with Gasteiger partial charge >= 0.3 is 5.69 Å². The SMILES string of the molecule is COc1ccc(C(OC[C@H]2O[C@@H](n3cc(C)c(=O)[nH]c3=O)[C@@]3(CCCO3)[C@@H]2O)(c2ccccc2)c2ccc(OC)cc2)cc1. The zero-order chi connectivity index (χ0) is 30.9. The maximum atomic E-state index is 12.9. The molecule has 0 radical (unpaired) electrons. The molecule has 10 heteroatoms. The molecule has 0 unspecified atom stereocenters. The highest BCUT2D eigenvalue weighted by molar-refractivity contribution is 5.49. The standard InChI is InChI=1S/C34H36N2O8/c1-22-20-36(32(39)35-30(22)38)31-33(18-7-19-42-33)29(37)28(44-31)21-43-34(23-8-5-4-6-9-23,24-10-14-26(40-2)15-11-24)25-12-16-27(41-3)17-13-25/h4-6,8-17,20,28-29,31,37H,7,18-19,21H2,1-3H3,(H,35,38,39)/t28-,29-,31-,33-/m1/s1. The number of aromatic nitrogens is 2. The summed E-state index contributed by atoms with van der Waals surface area (Å²) in [6.07, 6.45) is -0.335. The Morgan fingerprint density at radius 3 is 2.07 bits per heavy atom. The van der Waals surface area contributed by atoms with E-state index >= 15 is 0 Å².